The minimum atomic E-state index is -0.249. The minimum absolute atomic E-state index is 0.0489. The monoisotopic (exact) mass is 395 g/mol. The number of hydrogen-bond donors (Lipinski definition) is 1. The van der Waals surface area contributed by atoms with E-state index in [1.54, 1.807) is 9.80 Å². The van der Waals surface area contributed by atoms with E-state index >= 15 is 0 Å². The van der Waals surface area contributed by atoms with Crippen molar-refractivity contribution in [2.45, 2.75) is 19.6 Å². The Morgan fingerprint density at radius 3 is 2.72 bits per heavy atom. The van der Waals surface area contributed by atoms with Gasteiger partial charge in [0.15, 0.2) is 11.5 Å². The van der Waals surface area contributed by atoms with Gasteiger partial charge in [-0.2, -0.15) is 0 Å². The molecule has 1 unspecified atom stereocenters. The van der Waals surface area contributed by atoms with Crippen LogP contribution >= 0.6 is 0 Å². The van der Waals surface area contributed by atoms with Crippen molar-refractivity contribution in [3.63, 3.8) is 0 Å². The molecule has 2 aliphatic rings. The highest BCUT2D eigenvalue weighted by atomic mass is 16.6. The normalized spacial score (nSPS) is 18.1. The predicted octanol–water partition coefficient (Wildman–Crippen LogP) is 2.19. The van der Waals surface area contributed by atoms with Gasteiger partial charge in [-0.05, 0) is 24.6 Å². The zero-order valence-electron chi connectivity index (χ0n) is 16.5. The summed E-state index contributed by atoms with van der Waals surface area (Å²) in [5.41, 5.74) is 2.27. The van der Waals surface area contributed by atoms with Crippen LogP contribution in [0.1, 0.15) is 11.1 Å². The Bertz CT molecular complexity index is 901. The summed E-state index contributed by atoms with van der Waals surface area (Å²) in [4.78, 5) is 28.3. The van der Waals surface area contributed by atoms with Gasteiger partial charge in [0.2, 0.25) is 5.91 Å². The van der Waals surface area contributed by atoms with Crippen LogP contribution in [0.15, 0.2) is 48.5 Å². The first kappa shape index (κ1) is 19.1. The lowest BCUT2D eigenvalue weighted by atomic mass is 10.1. The van der Waals surface area contributed by atoms with Gasteiger partial charge in [0.1, 0.15) is 19.3 Å². The molecule has 3 amide bonds. The average Bonchev–Trinajstić information content (AvgIpc) is 3.05. The van der Waals surface area contributed by atoms with Crippen molar-refractivity contribution < 1.29 is 19.1 Å². The molecular weight excluding hydrogens is 370 g/mol. The molecule has 2 aliphatic heterocycles. The van der Waals surface area contributed by atoms with E-state index in [-0.39, 0.29) is 24.6 Å². The Labute approximate surface area is 170 Å². The maximum absolute atomic E-state index is 12.6. The lowest BCUT2D eigenvalue weighted by molar-refractivity contribution is -0.122. The van der Waals surface area contributed by atoms with Crippen LogP contribution in [0.2, 0.25) is 0 Å². The molecule has 2 aromatic carbocycles. The van der Waals surface area contributed by atoms with Crippen molar-refractivity contribution in [2.75, 3.05) is 32.8 Å². The number of urea groups is 1. The molecule has 0 aliphatic carbocycles. The minimum Gasteiger partial charge on any atom is -0.486 e. The van der Waals surface area contributed by atoms with Gasteiger partial charge in [-0.1, -0.05) is 42.0 Å². The third-order valence-electron chi connectivity index (χ3n) is 5.07. The molecule has 1 atom stereocenters. The molecule has 2 aromatic rings. The van der Waals surface area contributed by atoms with Crippen molar-refractivity contribution in [2.24, 2.45) is 0 Å². The molecule has 7 heteroatoms. The molecule has 4 rings (SSSR count). The number of para-hydroxylation sites is 2. The van der Waals surface area contributed by atoms with E-state index in [1.165, 1.54) is 5.56 Å². The average molecular weight is 395 g/mol. The van der Waals surface area contributed by atoms with Crippen LogP contribution in [-0.4, -0.2) is 60.6 Å². The summed E-state index contributed by atoms with van der Waals surface area (Å²) in [6.45, 7) is 4.53. The first-order valence-electron chi connectivity index (χ1n) is 9.83. The number of ether oxygens (including phenoxy) is 2. The van der Waals surface area contributed by atoms with E-state index in [9.17, 15) is 9.59 Å². The molecular formula is C22H25N3O4. The number of rotatable bonds is 6. The van der Waals surface area contributed by atoms with Gasteiger partial charge < -0.3 is 24.6 Å². The fourth-order valence-corrected chi connectivity index (χ4v) is 3.58. The number of benzene rings is 2. The highest BCUT2D eigenvalue weighted by molar-refractivity contribution is 5.85. The number of aryl methyl sites for hydroxylation is 1. The lowest BCUT2D eigenvalue weighted by Crippen LogP contribution is -2.45. The molecule has 1 saturated heterocycles. The summed E-state index contributed by atoms with van der Waals surface area (Å²) in [6.07, 6.45) is -0.249. The number of nitrogens with zero attached hydrogens (tertiary/aromatic N) is 2. The van der Waals surface area contributed by atoms with Crippen LogP contribution < -0.4 is 14.8 Å². The Morgan fingerprint density at radius 1 is 1.10 bits per heavy atom. The van der Waals surface area contributed by atoms with E-state index in [0.717, 1.165) is 5.56 Å². The highest BCUT2D eigenvalue weighted by Gasteiger charge is 2.30. The largest absolute Gasteiger partial charge is 0.486 e. The van der Waals surface area contributed by atoms with Crippen molar-refractivity contribution in [3.05, 3.63) is 59.7 Å². The summed E-state index contributed by atoms with van der Waals surface area (Å²) < 4.78 is 11.5. The Morgan fingerprint density at radius 2 is 1.90 bits per heavy atom. The number of fused-ring (bicyclic) bond motifs is 1. The predicted molar refractivity (Wildman–Crippen MR) is 108 cm³/mol. The van der Waals surface area contributed by atoms with Crippen molar-refractivity contribution in [1.29, 1.82) is 0 Å². The Kier molecular flexibility index (Phi) is 5.55. The molecule has 2 heterocycles. The van der Waals surface area contributed by atoms with Crippen LogP contribution in [0.4, 0.5) is 4.79 Å². The Hall–Kier alpha value is -3.22. The van der Waals surface area contributed by atoms with E-state index in [1.807, 2.05) is 49.4 Å². The second-order valence-electron chi connectivity index (χ2n) is 7.42. The molecule has 1 fully saturated rings. The molecule has 0 aromatic heterocycles. The summed E-state index contributed by atoms with van der Waals surface area (Å²) in [6, 6.07) is 15.5. The second kappa shape index (κ2) is 8.43. The van der Waals surface area contributed by atoms with Crippen LogP contribution in [0.5, 0.6) is 11.5 Å². The highest BCUT2D eigenvalue weighted by Crippen LogP contribution is 2.30. The van der Waals surface area contributed by atoms with Gasteiger partial charge in [0, 0.05) is 19.6 Å². The smallest absolute Gasteiger partial charge is 0.320 e. The standard InChI is InChI=1S/C22H25N3O4/c1-16-5-4-6-17(11-16)13-24-9-10-25(22(24)27)14-21(26)23-12-18-15-28-19-7-2-3-8-20(19)29-18/h2-8,11,18H,9-10,12-15H2,1H3,(H,23,26). The van der Waals surface area contributed by atoms with Gasteiger partial charge >= 0.3 is 6.03 Å². The van der Waals surface area contributed by atoms with Gasteiger partial charge in [0.25, 0.3) is 0 Å². The number of nitrogens with one attached hydrogen (secondary N) is 1. The molecule has 0 bridgehead atoms. The maximum Gasteiger partial charge on any atom is 0.320 e. The van der Waals surface area contributed by atoms with Crippen LogP contribution in [0.25, 0.3) is 0 Å². The quantitative estimate of drug-likeness (QED) is 0.814. The number of carbonyl (C=O) groups is 2. The maximum atomic E-state index is 12.6. The molecule has 0 radical (unpaired) electrons. The summed E-state index contributed by atoms with van der Waals surface area (Å²) >= 11 is 0. The third kappa shape index (κ3) is 4.62. The van der Waals surface area contributed by atoms with Crippen molar-refractivity contribution >= 4 is 11.9 Å². The number of carbonyl (C=O) groups excluding carboxylic acids is 2. The van der Waals surface area contributed by atoms with E-state index in [2.05, 4.69) is 11.4 Å². The van der Waals surface area contributed by atoms with Gasteiger partial charge in [0.05, 0.1) is 6.54 Å². The molecule has 152 valence electrons. The Balaban J connectivity index is 1.23. The van der Waals surface area contributed by atoms with Gasteiger partial charge in [-0.3, -0.25) is 4.79 Å². The second-order valence-corrected chi connectivity index (χ2v) is 7.42. The van der Waals surface area contributed by atoms with Crippen LogP contribution in [0, 0.1) is 6.92 Å². The van der Waals surface area contributed by atoms with Crippen LogP contribution in [-0.2, 0) is 11.3 Å². The molecule has 7 nitrogen and oxygen atoms in total. The topological polar surface area (TPSA) is 71.1 Å². The van der Waals surface area contributed by atoms with Crippen molar-refractivity contribution in [1.82, 2.24) is 15.1 Å². The fraction of sp³-hybridized carbons (Fsp3) is 0.364. The first-order valence-corrected chi connectivity index (χ1v) is 9.83. The van der Waals surface area contributed by atoms with Gasteiger partial charge in [-0.25, -0.2) is 4.79 Å². The summed E-state index contributed by atoms with van der Waals surface area (Å²) in [5.74, 6) is 1.20. The molecule has 0 saturated carbocycles. The molecule has 0 spiro atoms. The number of amides is 3. The number of hydrogen-bond acceptors (Lipinski definition) is 4. The van der Waals surface area contributed by atoms with E-state index < -0.39 is 0 Å². The summed E-state index contributed by atoms with van der Waals surface area (Å²) in [5, 5.41) is 2.85. The van der Waals surface area contributed by atoms with Crippen molar-refractivity contribution in [3.8, 4) is 11.5 Å². The third-order valence-corrected chi connectivity index (χ3v) is 5.07. The lowest BCUT2D eigenvalue weighted by Gasteiger charge is -2.26. The first-order chi connectivity index (χ1) is 14.1. The molecule has 29 heavy (non-hydrogen) atoms. The van der Waals surface area contributed by atoms with E-state index in [0.29, 0.717) is 44.3 Å². The molecule has 1 N–H and O–H groups in total. The zero-order valence-corrected chi connectivity index (χ0v) is 16.5. The van der Waals surface area contributed by atoms with Crippen LogP contribution in [0.3, 0.4) is 0 Å². The zero-order chi connectivity index (χ0) is 20.2. The van der Waals surface area contributed by atoms with E-state index in [4.69, 9.17) is 9.47 Å². The fourth-order valence-electron chi connectivity index (χ4n) is 3.58. The van der Waals surface area contributed by atoms with Gasteiger partial charge in [-0.15, -0.1) is 0 Å². The summed E-state index contributed by atoms with van der Waals surface area (Å²) in [7, 11) is 0. The SMILES string of the molecule is Cc1cccc(CN2CCN(CC(=O)NCC3COc4ccccc4O3)C2=O)c1.